The predicted molar refractivity (Wildman–Crippen MR) is 120 cm³/mol. The molecule has 1 aromatic heterocycles. The number of rotatable bonds is 7. The Kier molecular flexibility index (Phi) is 7.33. The number of benzene rings is 1. The van der Waals surface area contributed by atoms with Crippen LogP contribution in [0, 0.1) is 11.3 Å². The van der Waals surface area contributed by atoms with E-state index in [1.807, 2.05) is 47.8 Å². The maximum absolute atomic E-state index is 13.2. The molecule has 6 nitrogen and oxygen atoms in total. The first kappa shape index (κ1) is 21.7. The van der Waals surface area contributed by atoms with Gasteiger partial charge in [-0.2, -0.15) is 5.26 Å². The topological polar surface area (TPSA) is 91.2 Å². The summed E-state index contributed by atoms with van der Waals surface area (Å²) in [4.78, 5) is 25.9. The number of thioether (sulfide) groups is 1. The standard InChI is InChI=1S/C22H21N3O3S2/c1-3-28-18(26)13-30-22-16(12-23)20(17-10-7-11-29-17)19(14(2)24-22)21(27)25-15-8-5-4-6-9-15/h4-11,20,24H,3,13H2,1-2H3,(H,25,27)/t20-/m1/s1. The maximum atomic E-state index is 13.2. The van der Waals surface area contributed by atoms with Gasteiger partial charge in [-0.25, -0.2) is 0 Å². The van der Waals surface area contributed by atoms with Crippen molar-refractivity contribution in [3.8, 4) is 6.07 Å². The summed E-state index contributed by atoms with van der Waals surface area (Å²) in [5, 5.41) is 18.5. The van der Waals surface area contributed by atoms with E-state index in [2.05, 4.69) is 16.7 Å². The zero-order valence-electron chi connectivity index (χ0n) is 16.6. The van der Waals surface area contributed by atoms with Gasteiger partial charge in [-0.1, -0.05) is 36.0 Å². The summed E-state index contributed by atoms with van der Waals surface area (Å²) in [6.45, 7) is 3.86. The molecule has 0 aliphatic carbocycles. The third-order valence-corrected chi connectivity index (χ3v) is 6.32. The van der Waals surface area contributed by atoms with Gasteiger partial charge >= 0.3 is 5.97 Å². The molecule has 30 heavy (non-hydrogen) atoms. The zero-order chi connectivity index (χ0) is 21.5. The first-order valence-electron chi connectivity index (χ1n) is 9.35. The molecule has 154 valence electrons. The Morgan fingerprint density at radius 3 is 2.67 bits per heavy atom. The SMILES string of the molecule is CCOC(=O)CSC1=C(C#N)[C@H](c2cccs2)C(C(=O)Nc2ccccc2)=C(C)N1. The van der Waals surface area contributed by atoms with Crippen LogP contribution >= 0.6 is 23.1 Å². The van der Waals surface area contributed by atoms with Gasteiger partial charge in [0.1, 0.15) is 0 Å². The molecule has 1 aromatic carbocycles. The Hall–Kier alpha value is -3.02. The fourth-order valence-electron chi connectivity index (χ4n) is 3.12. The monoisotopic (exact) mass is 439 g/mol. The molecule has 1 atom stereocenters. The highest BCUT2D eigenvalue weighted by Gasteiger charge is 2.35. The number of nitrogens with one attached hydrogen (secondary N) is 2. The summed E-state index contributed by atoms with van der Waals surface area (Å²) in [6, 6.07) is 15.2. The van der Waals surface area contributed by atoms with Crippen LogP contribution in [0.2, 0.25) is 0 Å². The number of allylic oxidation sites excluding steroid dienone is 2. The zero-order valence-corrected chi connectivity index (χ0v) is 18.2. The number of nitriles is 1. The van der Waals surface area contributed by atoms with Gasteiger partial charge in [0.05, 0.1) is 34.9 Å². The van der Waals surface area contributed by atoms with E-state index in [1.165, 1.54) is 23.1 Å². The number of carbonyl (C=O) groups is 2. The van der Waals surface area contributed by atoms with Crippen LogP contribution in [0.3, 0.4) is 0 Å². The van der Waals surface area contributed by atoms with Crippen molar-refractivity contribution in [3.63, 3.8) is 0 Å². The molecule has 2 N–H and O–H groups in total. The molecule has 1 aliphatic heterocycles. The molecule has 8 heteroatoms. The summed E-state index contributed by atoms with van der Waals surface area (Å²) in [5.74, 6) is -1.05. The highest BCUT2D eigenvalue weighted by molar-refractivity contribution is 8.03. The highest BCUT2D eigenvalue weighted by atomic mass is 32.2. The molecule has 2 aromatic rings. The minimum atomic E-state index is -0.510. The number of ether oxygens (including phenoxy) is 1. The Balaban J connectivity index is 1.95. The molecular weight excluding hydrogens is 418 g/mol. The van der Waals surface area contributed by atoms with Crippen LogP contribution < -0.4 is 10.6 Å². The van der Waals surface area contributed by atoms with Gasteiger partial charge in [0.2, 0.25) is 0 Å². The Morgan fingerprint density at radius 1 is 1.27 bits per heavy atom. The van der Waals surface area contributed by atoms with Crippen LogP contribution in [-0.2, 0) is 14.3 Å². The minimum Gasteiger partial charge on any atom is -0.465 e. The molecule has 0 spiro atoms. The molecule has 2 heterocycles. The third-order valence-electron chi connectivity index (χ3n) is 4.39. The second kappa shape index (κ2) is 10.1. The average molecular weight is 440 g/mol. The van der Waals surface area contributed by atoms with E-state index >= 15 is 0 Å². The van der Waals surface area contributed by atoms with Crippen molar-refractivity contribution in [2.24, 2.45) is 0 Å². The van der Waals surface area contributed by atoms with E-state index in [0.717, 1.165) is 4.88 Å². The molecule has 0 bridgehead atoms. The number of carbonyl (C=O) groups excluding carboxylic acids is 2. The second-order valence-electron chi connectivity index (χ2n) is 6.38. The van der Waals surface area contributed by atoms with Crippen molar-refractivity contribution < 1.29 is 14.3 Å². The lowest BCUT2D eigenvalue weighted by Crippen LogP contribution is -2.30. The molecule has 0 saturated heterocycles. The summed E-state index contributed by atoms with van der Waals surface area (Å²) < 4.78 is 4.99. The highest BCUT2D eigenvalue weighted by Crippen LogP contribution is 2.42. The number of hydrogen-bond acceptors (Lipinski definition) is 7. The van der Waals surface area contributed by atoms with Crippen LogP contribution in [0.25, 0.3) is 0 Å². The Morgan fingerprint density at radius 2 is 2.03 bits per heavy atom. The molecule has 0 fully saturated rings. The van der Waals surface area contributed by atoms with Gasteiger partial charge in [0.15, 0.2) is 0 Å². The first-order chi connectivity index (χ1) is 14.5. The fraction of sp³-hybridized carbons (Fsp3) is 0.227. The number of anilines is 1. The summed E-state index contributed by atoms with van der Waals surface area (Å²) in [7, 11) is 0. The molecule has 0 radical (unpaired) electrons. The van der Waals surface area contributed by atoms with Crippen molar-refractivity contribution in [1.82, 2.24) is 5.32 Å². The summed E-state index contributed by atoms with van der Waals surface area (Å²) >= 11 is 2.70. The van der Waals surface area contributed by atoms with E-state index in [1.54, 1.807) is 13.8 Å². The van der Waals surface area contributed by atoms with Crippen molar-refractivity contribution >= 4 is 40.7 Å². The van der Waals surface area contributed by atoms with Crippen molar-refractivity contribution in [2.75, 3.05) is 17.7 Å². The number of dihydropyridines is 1. The van der Waals surface area contributed by atoms with Crippen LogP contribution in [-0.4, -0.2) is 24.2 Å². The number of nitrogens with zero attached hydrogens (tertiary/aromatic N) is 1. The van der Waals surface area contributed by atoms with E-state index in [0.29, 0.717) is 34.2 Å². The molecule has 3 rings (SSSR count). The summed E-state index contributed by atoms with van der Waals surface area (Å²) in [6.07, 6.45) is 0. The lowest BCUT2D eigenvalue weighted by atomic mass is 9.86. The van der Waals surface area contributed by atoms with Crippen LogP contribution in [0.5, 0.6) is 0 Å². The lowest BCUT2D eigenvalue weighted by Gasteiger charge is -2.29. The van der Waals surface area contributed by atoms with Gasteiger partial charge < -0.3 is 15.4 Å². The minimum absolute atomic E-state index is 0.0807. The largest absolute Gasteiger partial charge is 0.465 e. The first-order valence-corrected chi connectivity index (χ1v) is 11.2. The van der Waals surface area contributed by atoms with E-state index in [-0.39, 0.29) is 17.6 Å². The molecule has 0 saturated carbocycles. The molecule has 0 unspecified atom stereocenters. The van der Waals surface area contributed by atoms with Gasteiger partial charge in [-0.15, -0.1) is 11.3 Å². The van der Waals surface area contributed by atoms with Gasteiger partial charge in [-0.3, -0.25) is 9.59 Å². The van der Waals surface area contributed by atoms with E-state index in [9.17, 15) is 14.9 Å². The fourth-order valence-corrected chi connectivity index (χ4v) is 4.85. The van der Waals surface area contributed by atoms with Gasteiger partial charge in [0.25, 0.3) is 5.91 Å². The van der Waals surface area contributed by atoms with E-state index in [4.69, 9.17) is 4.74 Å². The van der Waals surface area contributed by atoms with Crippen molar-refractivity contribution in [2.45, 2.75) is 19.8 Å². The molecular formula is C22H21N3O3S2. The second-order valence-corrected chi connectivity index (χ2v) is 8.35. The Labute approximate surface area is 183 Å². The normalized spacial score (nSPS) is 16.0. The van der Waals surface area contributed by atoms with Crippen LogP contribution in [0.1, 0.15) is 24.6 Å². The number of hydrogen-bond donors (Lipinski definition) is 2. The lowest BCUT2D eigenvalue weighted by molar-refractivity contribution is -0.139. The maximum Gasteiger partial charge on any atom is 0.316 e. The van der Waals surface area contributed by atoms with Gasteiger partial charge in [-0.05, 0) is 37.4 Å². The number of thiophene rings is 1. The van der Waals surface area contributed by atoms with Crippen LogP contribution in [0.4, 0.5) is 5.69 Å². The van der Waals surface area contributed by atoms with Crippen molar-refractivity contribution in [1.29, 1.82) is 5.26 Å². The van der Waals surface area contributed by atoms with Crippen molar-refractivity contribution in [3.05, 3.63) is 74.6 Å². The number of para-hydroxylation sites is 1. The average Bonchev–Trinajstić information content (AvgIpc) is 3.27. The Bertz CT molecular complexity index is 1020. The quantitative estimate of drug-likeness (QED) is 0.622. The van der Waals surface area contributed by atoms with Crippen LogP contribution in [0.15, 0.2) is 69.7 Å². The number of esters is 1. The third kappa shape index (κ3) is 4.93. The summed E-state index contributed by atoms with van der Waals surface area (Å²) in [5.41, 5.74) is 2.22. The molecule has 1 aliphatic rings. The van der Waals surface area contributed by atoms with Gasteiger partial charge in [0, 0.05) is 21.8 Å². The smallest absolute Gasteiger partial charge is 0.316 e. The van der Waals surface area contributed by atoms with E-state index < -0.39 is 5.92 Å². The predicted octanol–water partition coefficient (Wildman–Crippen LogP) is 4.38. The molecule has 1 amide bonds. The number of amides is 1.